The van der Waals surface area contributed by atoms with E-state index in [1.165, 1.54) is 11.3 Å². The van der Waals surface area contributed by atoms with E-state index in [1.54, 1.807) is 6.07 Å². The van der Waals surface area contributed by atoms with Crippen LogP contribution in [-0.2, 0) is 0 Å². The number of benzene rings is 1. The maximum Gasteiger partial charge on any atom is 0.131 e. The largest absolute Gasteiger partial charge is 0.378 e. The summed E-state index contributed by atoms with van der Waals surface area (Å²) in [5.74, 6) is 0.789. The van der Waals surface area contributed by atoms with Crippen LogP contribution in [0, 0.1) is 0 Å². The molecule has 0 bridgehead atoms. The van der Waals surface area contributed by atoms with E-state index < -0.39 is 0 Å². The lowest BCUT2D eigenvalue weighted by molar-refractivity contribution is 0.874. The predicted molar refractivity (Wildman–Crippen MR) is 82.1 cm³/mol. The van der Waals surface area contributed by atoms with E-state index in [0.29, 0.717) is 5.15 Å². The first kappa shape index (κ1) is 13.7. The molecule has 1 aromatic carbocycles. The zero-order valence-electron chi connectivity index (χ0n) is 11.4. The Balaban J connectivity index is 2.09. The van der Waals surface area contributed by atoms with Crippen LogP contribution in [0.3, 0.4) is 0 Å². The third kappa shape index (κ3) is 3.61. The van der Waals surface area contributed by atoms with Crippen molar-refractivity contribution in [3.05, 3.63) is 53.2 Å². The second-order valence-electron chi connectivity index (χ2n) is 4.70. The molecule has 4 heteroatoms. The number of rotatable bonds is 4. The molecule has 2 rings (SSSR count). The Morgan fingerprint density at radius 1 is 1.11 bits per heavy atom. The van der Waals surface area contributed by atoms with Crippen LogP contribution in [0.5, 0.6) is 0 Å². The maximum atomic E-state index is 5.87. The number of nitrogens with one attached hydrogen (secondary N) is 1. The van der Waals surface area contributed by atoms with Gasteiger partial charge in [-0.2, -0.15) is 0 Å². The van der Waals surface area contributed by atoms with Crippen LogP contribution in [0.25, 0.3) is 0 Å². The van der Waals surface area contributed by atoms with E-state index in [0.717, 1.165) is 5.82 Å². The van der Waals surface area contributed by atoms with Gasteiger partial charge in [0.05, 0.1) is 0 Å². The van der Waals surface area contributed by atoms with Gasteiger partial charge in [-0.25, -0.2) is 4.98 Å². The van der Waals surface area contributed by atoms with E-state index in [9.17, 15) is 0 Å². The fraction of sp³-hybridized carbons (Fsp3) is 0.267. The topological polar surface area (TPSA) is 28.2 Å². The van der Waals surface area contributed by atoms with Crippen molar-refractivity contribution in [2.45, 2.75) is 13.0 Å². The maximum absolute atomic E-state index is 5.87. The fourth-order valence-electron chi connectivity index (χ4n) is 1.85. The number of halogens is 1. The van der Waals surface area contributed by atoms with Gasteiger partial charge in [-0.15, -0.1) is 0 Å². The second kappa shape index (κ2) is 5.93. The predicted octanol–water partition coefficient (Wildman–Crippen LogP) is 3.97. The molecule has 0 radical (unpaired) electrons. The number of pyridine rings is 1. The van der Waals surface area contributed by atoms with Gasteiger partial charge in [-0.1, -0.05) is 29.8 Å². The van der Waals surface area contributed by atoms with E-state index in [1.807, 2.05) is 26.2 Å². The number of nitrogens with zero attached hydrogens (tertiary/aromatic N) is 2. The SMILES string of the molecule is CC(Nc1cccc(Cl)n1)c1ccc(N(C)C)cc1. The summed E-state index contributed by atoms with van der Waals surface area (Å²) in [6, 6.07) is 14.2. The average molecular weight is 276 g/mol. The van der Waals surface area contributed by atoms with Crippen molar-refractivity contribution in [1.29, 1.82) is 0 Å². The lowest BCUT2D eigenvalue weighted by atomic mass is 10.1. The Hall–Kier alpha value is -1.74. The molecule has 0 amide bonds. The molecule has 1 heterocycles. The van der Waals surface area contributed by atoms with Gasteiger partial charge in [0.1, 0.15) is 11.0 Å². The Bertz CT molecular complexity index is 537. The third-order valence-corrected chi connectivity index (χ3v) is 3.20. The standard InChI is InChI=1S/C15H18ClN3/c1-11(17-15-6-4-5-14(16)18-15)12-7-9-13(10-8-12)19(2)3/h4-11H,1-3H3,(H,17,18). The fourth-order valence-corrected chi connectivity index (χ4v) is 2.02. The quantitative estimate of drug-likeness (QED) is 0.856. The molecule has 0 spiro atoms. The molecule has 0 saturated carbocycles. The summed E-state index contributed by atoms with van der Waals surface area (Å²) in [6.07, 6.45) is 0. The Morgan fingerprint density at radius 2 is 1.79 bits per heavy atom. The van der Waals surface area contributed by atoms with E-state index >= 15 is 0 Å². The summed E-state index contributed by atoms with van der Waals surface area (Å²) in [5, 5.41) is 3.84. The number of hydrogen-bond donors (Lipinski definition) is 1. The van der Waals surface area contributed by atoms with Gasteiger partial charge in [0.2, 0.25) is 0 Å². The summed E-state index contributed by atoms with van der Waals surface area (Å²) in [7, 11) is 4.07. The summed E-state index contributed by atoms with van der Waals surface area (Å²) in [6.45, 7) is 2.10. The molecule has 1 N–H and O–H groups in total. The van der Waals surface area contributed by atoms with Crippen molar-refractivity contribution in [3.63, 3.8) is 0 Å². The van der Waals surface area contributed by atoms with Gasteiger partial charge in [-0.05, 0) is 36.8 Å². The van der Waals surface area contributed by atoms with Crippen molar-refractivity contribution >= 4 is 23.1 Å². The highest BCUT2D eigenvalue weighted by Crippen LogP contribution is 2.21. The number of hydrogen-bond acceptors (Lipinski definition) is 3. The minimum Gasteiger partial charge on any atom is -0.378 e. The van der Waals surface area contributed by atoms with Gasteiger partial charge in [-0.3, -0.25) is 0 Å². The highest BCUT2D eigenvalue weighted by molar-refractivity contribution is 6.29. The van der Waals surface area contributed by atoms with Crippen molar-refractivity contribution in [2.75, 3.05) is 24.3 Å². The first-order chi connectivity index (χ1) is 9.06. The average Bonchev–Trinajstić information content (AvgIpc) is 2.39. The summed E-state index contributed by atoms with van der Waals surface area (Å²) < 4.78 is 0. The van der Waals surface area contributed by atoms with Crippen LogP contribution in [0.1, 0.15) is 18.5 Å². The Morgan fingerprint density at radius 3 is 2.37 bits per heavy atom. The van der Waals surface area contributed by atoms with Crippen LogP contribution in [-0.4, -0.2) is 19.1 Å². The highest BCUT2D eigenvalue weighted by atomic mass is 35.5. The lowest BCUT2D eigenvalue weighted by Gasteiger charge is -2.17. The van der Waals surface area contributed by atoms with Crippen LogP contribution in [0.2, 0.25) is 5.15 Å². The number of aromatic nitrogens is 1. The Labute approximate surface area is 119 Å². The van der Waals surface area contributed by atoms with E-state index in [-0.39, 0.29) is 6.04 Å². The van der Waals surface area contributed by atoms with Crippen molar-refractivity contribution in [2.24, 2.45) is 0 Å². The minimum atomic E-state index is 0.183. The molecule has 19 heavy (non-hydrogen) atoms. The molecule has 0 aliphatic carbocycles. The number of anilines is 2. The van der Waals surface area contributed by atoms with Crippen molar-refractivity contribution < 1.29 is 0 Å². The van der Waals surface area contributed by atoms with Gasteiger partial charge in [0.15, 0.2) is 0 Å². The highest BCUT2D eigenvalue weighted by Gasteiger charge is 2.06. The molecule has 0 fully saturated rings. The lowest BCUT2D eigenvalue weighted by Crippen LogP contribution is -2.10. The van der Waals surface area contributed by atoms with Gasteiger partial charge < -0.3 is 10.2 Å². The Kier molecular flexibility index (Phi) is 4.27. The van der Waals surface area contributed by atoms with Crippen molar-refractivity contribution in [3.8, 4) is 0 Å². The molecule has 100 valence electrons. The van der Waals surface area contributed by atoms with Gasteiger partial charge in [0, 0.05) is 25.8 Å². The zero-order chi connectivity index (χ0) is 13.8. The zero-order valence-corrected chi connectivity index (χ0v) is 12.1. The smallest absolute Gasteiger partial charge is 0.131 e. The molecule has 3 nitrogen and oxygen atoms in total. The molecule has 1 aromatic heterocycles. The molecule has 0 aliphatic heterocycles. The van der Waals surface area contributed by atoms with E-state index in [4.69, 9.17) is 11.6 Å². The van der Waals surface area contributed by atoms with E-state index in [2.05, 4.69) is 46.4 Å². The second-order valence-corrected chi connectivity index (χ2v) is 5.08. The molecule has 0 saturated heterocycles. The van der Waals surface area contributed by atoms with Crippen LogP contribution < -0.4 is 10.2 Å². The van der Waals surface area contributed by atoms with Crippen LogP contribution in [0.4, 0.5) is 11.5 Å². The first-order valence-electron chi connectivity index (χ1n) is 6.22. The minimum absolute atomic E-state index is 0.183. The molecular weight excluding hydrogens is 258 g/mol. The molecule has 2 aromatic rings. The summed E-state index contributed by atoms with van der Waals surface area (Å²) >= 11 is 5.87. The molecular formula is C15H18ClN3. The normalized spacial score (nSPS) is 12.0. The molecule has 1 unspecified atom stereocenters. The van der Waals surface area contributed by atoms with Gasteiger partial charge >= 0.3 is 0 Å². The summed E-state index contributed by atoms with van der Waals surface area (Å²) in [4.78, 5) is 6.31. The molecule has 1 atom stereocenters. The van der Waals surface area contributed by atoms with Crippen molar-refractivity contribution in [1.82, 2.24) is 4.98 Å². The van der Waals surface area contributed by atoms with Gasteiger partial charge in [0.25, 0.3) is 0 Å². The first-order valence-corrected chi connectivity index (χ1v) is 6.60. The monoisotopic (exact) mass is 275 g/mol. The summed E-state index contributed by atoms with van der Waals surface area (Å²) in [5.41, 5.74) is 2.41. The third-order valence-electron chi connectivity index (χ3n) is 2.99. The van der Waals surface area contributed by atoms with Crippen LogP contribution >= 0.6 is 11.6 Å². The molecule has 0 aliphatic rings. The van der Waals surface area contributed by atoms with Crippen LogP contribution in [0.15, 0.2) is 42.5 Å².